The Bertz CT molecular complexity index is 563. The average Bonchev–Trinajstić information content (AvgIpc) is 2.68. The van der Waals surface area contributed by atoms with Gasteiger partial charge in [0, 0.05) is 11.0 Å². The zero-order valence-corrected chi connectivity index (χ0v) is 17.0. The lowest BCUT2D eigenvalue weighted by Crippen LogP contribution is -2.31. The molecule has 0 saturated heterocycles. The molecule has 0 aromatic heterocycles. The SMILES string of the molecule is CC.CCO/C(C)=C/C=C(\C)C1(c2ccccc2OC)CCCCC1. The molecule has 0 bridgehead atoms. The summed E-state index contributed by atoms with van der Waals surface area (Å²) in [5.41, 5.74) is 2.83. The third-order valence-electron chi connectivity index (χ3n) is 5.02. The molecule has 0 N–H and O–H groups in total. The minimum absolute atomic E-state index is 0.0911. The van der Waals surface area contributed by atoms with Crippen LogP contribution >= 0.6 is 0 Å². The van der Waals surface area contributed by atoms with Crippen LogP contribution in [0.15, 0.2) is 47.7 Å². The van der Waals surface area contributed by atoms with E-state index in [9.17, 15) is 0 Å². The van der Waals surface area contributed by atoms with Gasteiger partial charge in [0.1, 0.15) is 5.75 Å². The summed E-state index contributed by atoms with van der Waals surface area (Å²) in [6.45, 7) is 11.0. The molecule has 0 spiro atoms. The Balaban J connectivity index is 0.00000151. The molecule has 1 aromatic carbocycles. The second-order valence-electron chi connectivity index (χ2n) is 6.40. The van der Waals surface area contributed by atoms with Crippen LogP contribution in [0.3, 0.4) is 0 Å². The Labute approximate surface area is 154 Å². The zero-order chi connectivity index (χ0) is 18.7. The quantitative estimate of drug-likeness (QED) is 0.417. The number of hydrogen-bond donors (Lipinski definition) is 0. The molecule has 2 nitrogen and oxygen atoms in total. The number of hydrogen-bond acceptors (Lipinski definition) is 2. The van der Waals surface area contributed by atoms with Gasteiger partial charge in [-0.25, -0.2) is 0 Å². The third-order valence-corrected chi connectivity index (χ3v) is 5.02. The first-order valence-corrected chi connectivity index (χ1v) is 9.76. The van der Waals surface area contributed by atoms with Gasteiger partial charge >= 0.3 is 0 Å². The van der Waals surface area contributed by atoms with Crippen molar-refractivity contribution in [2.75, 3.05) is 13.7 Å². The molecule has 0 heterocycles. The lowest BCUT2D eigenvalue weighted by atomic mass is 9.65. The highest BCUT2D eigenvalue weighted by Gasteiger charge is 2.37. The maximum Gasteiger partial charge on any atom is 0.122 e. The molecule has 1 fully saturated rings. The summed E-state index contributed by atoms with van der Waals surface area (Å²) in [5, 5.41) is 0. The van der Waals surface area contributed by atoms with E-state index < -0.39 is 0 Å². The third kappa shape index (κ3) is 5.39. The van der Waals surface area contributed by atoms with Crippen LogP contribution in [0.4, 0.5) is 0 Å². The molecular weight excluding hydrogens is 308 g/mol. The van der Waals surface area contributed by atoms with E-state index in [4.69, 9.17) is 9.47 Å². The number of benzene rings is 1. The molecule has 2 rings (SSSR count). The van der Waals surface area contributed by atoms with Crippen molar-refractivity contribution in [1.82, 2.24) is 0 Å². The summed E-state index contributed by atoms with van der Waals surface area (Å²) in [4.78, 5) is 0. The molecule has 0 amide bonds. The Morgan fingerprint density at radius 1 is 1.04 bits per heavy atom. The maximum atomic E-state index is 5.67. The van der Waals surface area contributed by atoms with Crippen LogP contribution in [-0.2, 0) is 10.2 Å². The average molecular weight is 345 g/mol. The van der Waals surface area contributed by atoms with E-state index >= 15 is 0 Å². The van der Waals surface area contributed by atoms with Gasteiger partial charge in [-0.2, -0.15) is 0 Å². The van der Waals surface area contributed by atoms with E-state index in [-0.39, 0.29) is 5.41 Å². The topological polar surface area (TPSA) is 18.5 Å². The number of rotatable bonds is 6. The Kier molecular flexibility index (Phi) is 9.41. The molecule has 0 radical (unpaired) electrons. The van der Waals surface area contributed by atoms with Crippen LogP contribution in [0, 0.1) is 0 Å². The van der Waals surface area contributed by atoms with Crippen molar-refractivity contribution in [3.8, 4) is 5.75 Å². The minimum Gasteiger partial charge on any atom is -0.499 e. The van der Waals surface area contributed by atoms with E-state index in [0.29, 0.717) is 6.61 Å². The largest absolute Gasteiger partial charge is 0.499 e. The normalized spacial score (nSPS) is 17.4. The fourth-order valence-corrected chi connectivity index (χ4v) is 3.75. The Morgan fingerprint density at radius 2 is 1.68 bits per heavy atom. The van der Waals surface area contributed by atoms with Gasteiger partial charge in [0.25, 0.3) is 0 Å². The Hall–Kier alpha value is -1.70. The number of allylic oxidation sites excluding steroid dienone is 4. The highest BCUT2D eigenvalue weighted by Crippen LogP contribution is 2.48. The van der Waals surface area contributed by atoms with Gasteiger partial charge in [-0.15, -0.1) is 0 Å². The monoisotopic (exact) mass is 344 g/mol. The highest BCUT2D eigenvalue weighted by molar-refractivity contribution is 5.46. The van der Waals surface area contributed by atoms with E-state index in [2.05, 4.69) is 43.3 Å². The standard InChI is InChI=1S/C21H30O2.C2H6/c1-5-23-18(3)14-13-17(2)21(15-9-6-10-16-21)19-11-7-8-12-20(19)22-4;1-2/h7-8,11-14H,5-6,9-10,15-16H2,1-4H3;1-2H3/b17-13+,18-14+;. The second kappa shape index (κ2) is 11.0. The molecule has 1 aromatic rings. The van der Waals surface area contributed by atoms with Crippen molar-refractivity contribution in [3.63, 3.8) is 0 Å². The predicted octanol–water partition coefficient (Wildman–Crippen LogP) is 6.81. The van der Waals surface area contributed by atoms with E-state index in [1.807, 2.05) is 27.7 Å². The van der Waals surface area contributed by atoms with Crippen LogP contribution in [0.1, 0.15) is 72.3 Å². The molecule has 0 atom stereocenters. The summed E-state index contributed by atoms with van der Waals surface area (Å²) in [6.07, 6.45) is 10.6. The molecule has 1 aliphatic rings. The molecule has 2 heteroatoms. The minimum atomic E-state index is 0.0911. The van der Waals surface area contributed by atoms with Gasteiger partial charge < -0.3 is 9.47 Å². The summed E-state index contributed by atoms with van der Waals surface area (Å²) >= 11 is 0. The summed E-state index contributed by atoms with van der Waals surface area (Å²) in [7, 11) is 1.77. The molecular formula is C23H36O2. The van der Waals surface area contributed by atoms with Crippen molar-refractivity contribution in [2.24, 2.45) is 0 Å². The van der Waals surface area contributed by atoms with Gasteiger partial charge in [-0.3, -0.25) is 0 Å². The van der Waals surface area contributed by atoms with Crippen molar-refractivity contribution in [2.45, 2.75) is 72.1 Å². The van der Waals surface area contributed by atoms with E-state index in [0.717, 1.165) is 11.5 Å². The fraction of sp³-hybridized carbons (Fsp3) is 0.565. The van der Waals surface area contributed by atoms with Crippen LogP contribution < -0.4 is 4.74 Å². The molecule has 0 unspecified atom stereocenters. The fourth-order valence-electron chi connectivity index (χ4n) is 3.75. The van der Waals surface area contributed by atoms with Crippen molar-refractivity contribution < 1.29 is 9.47 Å². The second-order valence-corrected chi connectivity index (χ2v) is 6.40. The van der Waals surface area contributed by atoms with Gasteiger partial charge in [0.15, 0.2) is 0 Å². The van der Waals surface area contributed by atoms with Crippen LogP contribution in [0.5, 0.6) is 5.75 Å². The maximum absolute atomic E-state index is 5.67. The van der Waals surface area contributed by atoms with Crippen molar-refractivity contribution in [1.29, 1.82) is 0 Å². The van der Waals surface area contributed by atoms with Crippen LogP contribution in [0.25, 0.3) is 0 Å². The van der Waals surface area contributed by atoms with Crippen molar-refractivity contribution in [3.05, 3.63) is 53.3 Å². The lowest BCUT2D eigenvalue weighted by molar-refractivity contribution is 0.231. The van der Waals surface area contributed by atoms with E-state index in [1.54, 1.807) is 7.11 Å². The van der Waals surface area contributed by atoms with Gasteiger partial charge in [0.05, 0.1) is 19.5 Å². The number of methoxy groups -OCH3 is 1. The van der Waals surface area contributed by atoms with Gasteiger partial charge in [-0.1, -0.05) is 63.0 Å². The Morgan fingerprint density at radius 3 is 2.28 bits per heavy atom. The van der Waals surface area contributed by atoms with Gasteiger partial charge in [-0.05, 0) is 45.8 Å². The summed E-state index contributed by atoms with van der Waals surface area (Å²) in [6, 6.07) is 8.50. The lowest BCUT2D eigenvalue weighted by Gasteiger charge is -2.40. The van der Waals surface area contributed by atoms with Crippen molar-refractivity contribution >= 4 is 0 Å². The summed E-state index contributed by atoms with van der Waals surface area (Å²) in [5.74, 6) is 1.98. The highest BCUT2D eigenvalue weighted by atomic mass is 16.5. The number of ether oxygens (including phenoxy) is 2. The first-order valence-electron chi connectivity index (χ1n) is 9.76. The van der Waals surface area contributed by atoms with Crippen LogP contribution in [0.2, 0.25) is 0 Å². The number of para-hydroxylation sites is 1. The molecule has 25 heavy (non-hydrogen) atoms. The zero-order valence-electron chi connectivity index (χ0n) is 17.0. The predicted molar refractivity (Wildman–Crippen MR) is 108 cm³/mol. The first kappa shape index (κ1) is 21.3. The summed E-state index contributed by atoms with van der Waals surface area (Å²) < 4.78 is 11.2. The van der Waals surface area contributed by atoms with Crippen LogP contribution in [-0.4, -0.2) is 13.7 Å². The molecule has 1 saturated carbocycles. The van der Waals surface area contributed by atoms with E-state index in [1.165, 1.54) is 43.2 Å². The first-order chi connectivity index (χ1) is 12.1. The van der Waals surface area contributed by atoms with Gasteiger partial charge in [0.2, 0.25) is 0 Å². The smallest absolute Gasteiger partial charge is 0.122 e. The molecule has 1 aliphatic carbocycles. The molecule has 0 aliphatic heterocycles. The molecule has 140 valence electrons.